The van der Waals surface area contributed by atoms with Gasteiger partial charge in [0.15, 0.2) is 0 Å². The number of carboxylic acids is 1. The van der Waals surface area contributed by atoms with Crippen LogP contribution in [-0.2, 0) is 17.6 Å². The van der Waals surface area contributed by atoms with Crippen LogP contribution < -0.4 is 5.32 Å². The second-order valence-electron chi connectivity index (χ2n) is 5.17. The molecule has 2 aromatic rings. The predicted octanol–water partition coefficient (Wildman–Crippen LogP) is 0.434. The van der Waals surface area contributed by atoms with Gasteiger partial charge in [0.25, 0.3) is 0 Å². The maximum Gasteiger partial charge on any atom is 0.475 e. The van der Waals surface area contributed by atoms with Crippen LogP contribution in [0.1, 0.15) is 20.8 Å². The molecule has 126 valence electrons. The Bertz CT molecular complexity index is 719. The maximum atomic E-state index is 12.0. The smallest absolute Gasteiger partial charge is 0.475 e. The molecule has 0 spiro atoms. The lowest BCUT2D eigenvalue weighted by Crippen LogP contribution is -2.48. The summed E-state index contributed by atoms with van der Waals surface area (Å²) in [5.74, 6) is -3.22. The van der Waals surface area contributed by atoms with Gasteiger partial charge in [-0.05, 0) is 29.5 Å². The number of carbonyl (C=O) groups excluding carboxylic acids is 1. The summed E-state index contributed by atoms with van der Waals surface area (Å²) in [4.78, 5) is 23.8. The number of amides is 1. The number of hydrogen-bond acceptors (Lipinski definition) is 6. The van der Waals surface area contributed by atoms with Gasteiger partial charge in [0.05, 0.1) is 12.4 Å². The first kappa shape index (κ1) is 18.0. The highest BCUT2D eigenvalue weighted by Crippen LogP contribution is 2.24. The van der Waals surface area contributed by atoms with E-state index in [1.165, 1.54) is 29.5 Å². The van der Waals surface area contributed by atoms with Crippen LogP contribution in [0.5, 0.6) is 5.75 Å². The van der Waals surface area contributed by atoms with Crippen molar-refractivity contribution in [2.45, 2.75) is 18.8 Å². The zero-order valence-electron chi connectivity index (χ0n) is 12.5. The van der Waals surface area contributed by atoms with Gasteiger partial charge in [0.2, 0.25) is 5.91 Å². The molecule has 1 amide bonds. The molecular formula is C15H16BNO6S. The van der Waals surface area contributed by atoms with E-state index in [2.05, 4.69) is 5.32 Å². The van der Waals surface area contributed by atoms with E-state index in [0.717, 1.165) is 4.88 Å². The van der Waals surface area contributed by atoms with E-state index in [4.69, 9.17) is 5.11 Å². The highest BCUT2D eigenvalue weighted by Gasteiger charge is 2.27. The Hall–Kier alpha value is -2.36. The fraction of sp³-hybridized carbons (Fsp3) is 0.200. The number of carbonyl (C=O) groups is 2. The Morgan fingerprint density at radius 2 is 1.96 bits per heavy atom. The first-order valence-corrected chi connectivity index (χ1v) is 7.98. The van der Waals surface area contributed by atoms with Crippen LogP contribution in [0.2, 0.25) is 0 Å². The third kappa shape index (κ3) is 4.57. The van der Waals surface area contributed by atoms with Crippen molar-refractivity contribution in [2.75, 3.05) is 0 Å². The largest absolute Gasteiger partial charge is 0.507 e. The zero-order chi connectivity index (χ0) is 17.7. The third-order valence-corrected chi connectivity index (χ3v) is 4.29. The van der Waals surface area contributed by atoms with E-state index in [-0.39, 0.29) is 24.0 Å². The summed E-state index contributed by atoms with van der Waals surface area (Å²) in [6, 6.07) is 7.73. The number of hydrogen-bond donors (Lipinski definition) is 5. The van der Waals surface area contributed by atoms with Crippen LogP contribution in [0, 0.1) is 0 Å². The highest BCUT2D eigenvalue weighted by atomic mass is 32.1. The molecule has 0 radical (unpaired) electrons. The van der Waals surface area contributed by atoms with E-state index in [0.29, 0.717) is 0 Å². The minimum absolute atomic E-state index is 0.0992. The van der Waals surface area contributed by atoms with Crippen molar-refractivity contribution >= 4 is 30.3 Å². The van der Waals surface area contributed by atoms with Gasteiger partial charge in [0.1, 0.15) is 11.3 Å². The first-order chi connectivity index (χ1) is 11.4. The molecule has 0 saturated heterocycles. The molecule has 9 heteroatoms. The quantitative estimate of drug-likeness (QED) is 0.462. The molecule has 1 atom stereocenters. The highest BCUT2D eigenvalue weighted by molar-refractivity contribution is 7.10. The third-order valence-electron chi connectivity index (χ3n) is 3.41. The Labute approximate surface area is 142 Å². The van der Waals surface area contributed by atoms with Gasteiger partial charge < -0.3 is 25.6 Å². The lowest BCUT2D eigenvalue weighted by molar-refractivity contribution is -0.120. The molecule has 2 rings (SSSR count). The van der Waals surface area contributed by atoms with Crippen LogP contribution in [0.25, 0.3) is 0 Å². The average Bonchev–Trinajstić information content (AvgIpc) is 3.00. The molecule has 7 nitrogen and oxygen atoms in total. The van der Waals surface area contributed by atoms with Gasteiger partial charge >= 0.3 is 13.1 Å². The summed E-state index contributed by atoms with van der Waals surface area (Å²) >= 11 is 1.41. The van der Waals surface area contributed by atoms with Crippen LogP contribution in [-0.4, -0.2) is 45.2 Å². The summed E-state index contributed by atoms with van der Waals surface area (Å²) in [6.07, 6.45) is -0.0250. The van der Waals surface area contributed by atoms with Crippen LogP contribution in [0.15, 0.2) is 35.7 Å². The molecule has 0 bridgehead atoms. The van der Waals surface area contributed by atoms with Gasteiger partial charge in [-0.15, -0.1) is 11.3 Å². The minimum Gasteiger partial charge on any atom is -0.507 e. The van der Waals surface area contributed by atoms with Crippen molar-refractivity contribution in [1.29, 1.82) is 0 Å². The summed E-state index contributed by atoms with van der Waals surface area (Å²) in [5, 5.41) is 42.2. The molecule has 0 aliphatic heterocycles. The summed E-state index contributed by atoms with van der Waals surface area (Å²) < 4.78 is 0. The molecule has 0 fully saturated rings. The van der Waals surface area contributed by atoms with Crippen molar-refractivity contribution in [3.05, 3.63) is 51.7 Å². The van der Waals surface area contributed by atoms with Gasteiger partial charge in [-0.3, -0.25) is 4.79 Å². The maximum absolute atomic E-state index is 12.0. The summed E-state index contributed by atoms with van der Waals surface area (Å²) in [5.41, 5.74) is -0.0898. The van der Waals surface area contributed by atoms with Crippen molar-refractivity contribution in [3.8, 4) is 5.75 Å². The molecule has 5 N–H and O–H groups in total. The fourth-order valence-electron chi connectivity index (χ4n) is 2.23. The molecule has 1 aromatic carbocycles. The van der Waals surface area contributed by atoms with Crippen LogP contribution in [0.3, 0.4) is 0 Å². The minimum atomic E-state index is -1.86. The average molecular weight is 349 g/mol. The molecule has 1 heterocycles. The molecule has 0 aliphatic rings. The van der Waals surface area contributed by atoms with Crippen molar-refractivity contribution in [3.63, 3.8) is 0 Å². The number of para-hydroxylation sites is 1. The fourth-order valence-corrected chi connectivity index (χ4v) is 2.93. The number of thiophene rings is 1. The van der Waals surface area contributed by atoms with E-state index >= 15 is 0 Å². The normalized spacial score (nSPS) is 11.8. The molecule has 0 aliphatic carbocycles. The first-order valence-electron chi connectivity index (χ1n) is 7.10. The Morgan fingerprint density at radius 1 is 1.21 bits per heavy atom. The van der Waals surface area contributed by atoms with Crippen molar-refractivity contribution < 1.29 is 29.9 Å². The predicted molar refractivity (Wildman–Crippen MR) is 88.9 cm³/mol. The molecular weight excluding hydrogens is 333 g/mol. The standard InChI is InChI=1S/C15H16BNO6S/c18-13(8-10-4-2-6-24-10)17-12(16(22)23)7-9-3-1-5-11(14(9)19)15(20)21/h1-6,12,19,22-23H,7-8H2,(H,17,18)(H,20,21). The van der Waals surface area contributed by atoms with Crippen molar-refractivity contribution in [1.82, 2.24) is 5.32 Å². The Balaban J connectivity index is 2.10. The van der Waals surface area contributed by atoms with E-state index < -0.39 is 30.7 Å². The monoisotopic (exact) mass is 349 g/mol. The summed E-state index contributed by atoms with van der Waals surface area (Å²) in [7, 11) is -1.86. The van der Waals surface area contributed by atoms with Gasteiger partial charge in [-0.25, -0.2) is 4.79 Å². The number of aromatic hydroxyl groups is 1. The number of aromatic carboxylic acids is 1. The zero-order valence-corrected chi connectivity index (χ0v) is 13.4. The van der Waals surface area contributed by atoms with E-state index in [1.807, 2.05) is 5.38 Å². The van der Waals surface area contributed by atoms with E-state index in [9.17, 15) is 24.7 Å². The number of phenols is 1. The molecule has 24 heavy (non-hydrogen) atoms. The second-order valence-corrected chi connectivity index (χ2v) is 6.20. The Morgan fingerprint density at radius 3 is 2.54 bits per heavy atom. The molecule has 1 unspecified atom stereocenters. The van der Waals surface area contributed by atoms with Gasteiger partial charge in [0, 0.05) is 4.88 Å². The second kappa shape index (κ2) is 7.96. The topological polar surface area (TPSA) is 127 Å². The van der Waals surface area contributed by atoms with Gasteiger partial charge in [-0.1, -0.05) is 18.2 Å². The van der Waals surface area contributed by atoms with E-state index in [1.54, 1.807) is 12.1 Å². The van der Waals surface area contributed by atoms with Gasteiger partial charge in [-0.2, -0.15) is 0 Å². The van der Waals surface area contributed by atoms with Crippen molar-refractivity contribution in [2.24, 2.45) is 0 Å². The summed E-state index contributed by atoms with van der Waals surface area (Å²) in [6.45, 7) is 0. The number of nitrogens with one attached hydrogen (secondary N) is 1. The van der Waals surface area contributed by atoms with Crippen LogP contribution in [0.4, 0.5) is 0 Å². The number of carboxylic acid groups (broad SMARTS) is 1. The molecule has 0 saturated carbocycles. The SMILES string of the molecule is O=C(Cc1cccs1)NC(Cc1cccc(C(=O)O)c1O)B(O)O. The Kier molecular flexibility index (Phi) is 5.96. The lowest BCUT2D eigenvalue weighted by Gasteiger charge is -2.18. The molecule has 1 aromatic heterocycles. The number of rotatable bonds is 7. The lowest BCUT2D eigenvalue weighted by atomic mass is 9.75. The number of benzene rings is 1. The van der Waals surface area contributed by atoms with Crippen LogP contribution >= 0.6 is 11.3 Å².